The molecule has 0 aliphatic heterocycles. The molecule has 0 rings (SSSR count). The average molecular weight is 371 g/mol. The maximum Gasteiger partial charge on any atom is 0.0579 e. The van der Waals surface area contributed by atoms with Gasteiger partial charge in [-0.1, -0.05) is 78.1 Å². The van der Waals surface area contributed by atoms with Gasteiger partial charge in [0.1, 0.15) is 0 Å². The highest BCUT2D eigenvalue weighted by atomic mass is 16.5. The molecule has 0 bridgehead atoms. The number of hydrogen-bond acceptors (Lipinski definition) is 2. The lowest BCUT2D eigenvalue weighted by Crippen LogP contribution is -2.23. The summed E-state index contributed by atoms with van der Waals surface area (Å²) in [5.74, 6) is 0. The lowest BCUT2D eigenvalue weighted by molar-refractivity contribution is -0.0335. The summed E-state index contributed by atoms with van der Waals surface area (Å²) in [7, 11) is 0. The van der Waals surface area contributed by atoms with Gasteiger partial charge >= 0.3 is 0 Å². The highest BCUT2D eigenvalue weighted by Gasteiger charge is 2.16. The fraction of sp³-hybridized carbons (Fsp3) is 1.00. The van der Waals surface area contributed by atoms with Gasteiger partial charge in [0.2, 0.25) is 0 Å². The molecule has 0 aliphatic carbocycles. The van der Waals surface area contributed by atoms with Crippen LogP contribution < -0.4 is 0 Å². The van der Waals surface area contributed by atoms with Gasteiger partial charge in [0, 0.05) is 0 Å². The van der Waals surface area contributed by atoms with E-state index in [1.165, 1.54) is 77.0 Å². The molecule has 0 N–H and O–H groups in total. The summed E-state index contributed by atoms with van der Waals surface area (Å²) in [6, 6.07) is 0. The third kappa shape index (κ3) is 17.3. The van der Waals surface area contributed by atoms with Crippen molar-refractivity contribution < 1.29 is 9.47 Å². The van der Waals surface area contributed by atoms with Crippen LogP contribution in [0.5, 0.6) is 0 Å². The fourth-order valence-corrected chi connectivity index (χ4v) is 3.71. The van der Waals surface area contributed by atoms with Gasteiger partial charge in [0.25, 0.3) is 0 Å². The Labute approximate surface area is 165 Å². The third-order valence-electron chi connectivity index (χ3n) is 4.98. The molecular weight excluding hydrogens is 320 g/mol. The topological polar surface area (TPSA) is 18.5 Å². The number of rotatable bonds is 19. The summed E-state index contributed by atoms with van der Waals surface area (Å²) in [4.78, 5) is 0. The third-order valence-corrected chi connectivity index (χ3v) is 4.98. The van der Waals surface area contributed by atoms with Crippen molar-refractivity contribution in [2.75, 3.05) is 0 Å². The standard InChI is InChI=1S/C24H50O2/c1-7-9-10-11-12-13-14-15-16-18-24(26-22(5)6)20-19-23(17-8-2)25-21(3)4/h21-24H,7-20H2,1-6H3. The van der Waals surface area contributed by atoms with Crippen molar-refractivity contribution in [1.29, 1.82) is 0 Å². The van der Waals surface area contributed by atoms with E-state index in [4.69, 9.17) is 9.47 Å². The molecule has 0 aromatic heterocycles. The fourth-order valence-electron chi connectivity index (χ4n) is 3.71. The largest absolute Gasteiger partial charge is 0.376 e. The quantitative estimate of drug-likeness (QED) is 0.214. The molecule has 0 fully saturated rings. The van der Waals surface area contributed by atoms with Crippen LogP contribution in [0, 0.1) is 0 Å². The first-order valence-electron chi connectivity index (χ1n) is 11.8. The molecule has 0 heterocycles. The second kappa shape index (κ2) is 18.3. The van der Waals surface area contributed by atoms with Gasteiger partial charge < -0.3 is 9.47 Å². The van der Waals surface area contributed by atoms with Crippen LogP contribution in [0.15, 0.2) is 0 Å². The molecule has 0 aromatic carbocycles. The molecule has 0 spiro atoms. The van der Waals surface area contributed by atoms with E-state index in [1.807, 2.05) is 0 Å². The second-order valence-corrected chi connectivity index (χ2v) is 8.60. The van der Waals surface area contributed by atoms with Crippen LogP contribution in [0.4, 0.5) is 0 Å². The predicted molar refractivity (Wildman–Crippen MR) is 116 cm³/mol. The van der Waals surface area contributed by atoms with Gasteiger partial charge in [-0.3, -0.25) is 0 Å². The normalized spacial score (nSPS) is 14.3. The number of unbranched alkanes of at least 4 members (excludes halogenated alkanes) is 8. The molecule has 158 valence electrons. The van der Waals surface area contributed by atoms with Crippen LogP contribution >= 0.6 is 0 Å². The van der Waals surface area contributed by atoms with Crippen molar-refractivity contribution in [2.45, 2.75) is 156 Å². The summed E-state index contributed by atoms with van der Waals surface area (Å²) in [6.07, 6.45) is 19.9. The summed E-state index contributed by atoms with van der Waals surface area (Å²) < 4.78 is 12.3. The molecule has 0 saturated carbocycles. The Bertz CT molecular complexity index is 275. The van der Waals surface area contributed by atoms with Crippen molar-refractivity contribution >= 4 is 0 Å². The van der Waals surface area contributed by atoms with E-state index >= 15 is 0 Å². The van der Waals surface area contributed by atoms with Gasteiger partial charge in [0.05, 0.1) is 24.4 Å². The predicted octanol–water partition coefficient (Wildman–Crippen LogP) is 8.07. The number of hydrogen-bond donors (Lipinski definition) is 0. The molecule has 2 nitrogen and oxygen atoms in total. The zero-order valence-corrected chi connectivity index (χ0v) is 19.0. The molecular formula is C24H50O2. The van der Waals surface area contributed by atoms with Crippen molar-refractivity contribution in [3.63, 3.8) is 0 Å². The summed E-state index contributed by atoms with van der Waals surface area (Å²) in [5.41, 5.74) is 0. The number of ether oxygens (including phenoxy) is 2. The summed E-state index contributed by atoms with van der Waals surface area (Å²) in [6.45, 7) is 13.2. The highest BCUT2D eigenvalue weighted by molar-refractivity contribution is 4.67. The Morgan fingerprint density at radius 2 is 0.885 bits per heavy atom. The zero-order chi connectivity index (χ0) is 19.6. The van der Waals surface area contributed by atoms with E-state index in [2.05, 4.69) is 41.5 Å². The van der Waals surface area contributed by atoms with E-state index < -0.39 is 0 Å². The Kier molecular flexibility index (Phi) is 18.2. The van der Waals surface area contributed by atoms with Gasteiger partial charge in [-0.15, -0.1) is 0 Å². The van der Waals surface area contributed by atoms with Crippen LogP contribution in [-0.2, 0) is 9.47 Å². The summed E-state index contributed by atoms with van der Waals surface area (Å²) >= 11 is 0. The van der Waals surface area contributed by atoms with Crippen LogP contribution in [0.2, 0.25) is 0 Å². The molecule has 0 aromatic rings. The molecule has 26 heavy (non-hydrogen) atoms. The van der Waals surface area contributed by atoms with E-state index in [9.17, 15) is 0 Å². The molecule has 0 saturated heterocycles. The van der Waals surface area contributed by atoms with Crippen molar-refractivity contribution in [2.24, 2.45) is 0 Å². The van der Waals surface area contributed by atoms with Crippen molar-refractivity contribution in [3.8, 4) is 0 Å². The minimum atomic E-state index is 0.327. The Hall–Kier alpha value is -0.0800. The van der Waals surface area contributed by atoms with Crippen LogP contribution in [0.25, 0.3) is 0 Å². The first-order chi connectivity index (χ1) is 12.5. The molecule has 0 radical (unpaired) electrons. The smallest absolute Gasteiger partial charge is 0.0579 e. The Morgan fingerprint density at radius 1 is 0.462 bits per heavy atom. The Balaban J connectivity index is 3.96. The van der Waals surface area contributed by atoms with E-state index in [0.29, 0.717) is 24.4 Å². The second-order valence-electron chi connectivity index (χ2n) is 8.60. The minimum Gasteiger partial charge on any atom is -0.376 e. The van der Waals surface area contributed by atoms with E-state index in [-0.39, 0.29) is 0 Å². The lowest BCUT2D eigenvalue weighted by Gasteiger charge is -2.25. The molecule has 2 unspecified atom stereocenters. The van der Waals surface area contributed by atoms with Gasteiger partial charge in [-0.2, -0.15) is 0 Å². The van der Waals surface area contributed by atoms with E-state index in [0.717, 1.165) is 12.8 Å². The van der Waals surface area contributed by atoms with Crippen molar-refractivity contribution in [1.82, 2.24) is 0 Å². The molecule has 0 aliphatic rings. The van der Waals surface area contributed by atoms with Crippen LogP contribution in [-0.4, -0.2) is 24.4 Å². The zero-order valence-electron chi connectivity index (χ0n) is 19.0. The van der Waals surface area contributed by atoms with Crippen LogP contribution in [0.3, 0.4) is 0 Å². The first-order valence-corrected chi connectivity index (χ1v) is 11.8. The SMILES string of the molecule is CCCCCCCCCCCC(CCC(CCC)OC(C)C)OC(C)C. The average Bonchev–Trinajstić information content (AvgIpc) is 2.57. The van der Waals surface area contributed by atoms with Gasteiger partial charge in [-0.05, 0) is 53.4 Å². The minimum absolute atomic E-state index is 0.327. The lowest BCUT2D eigenvalue weighted by atomic mass is 10.0. The first kappa shape index (κ1) is 25.9. The monoisotopic (exact) mass is 370 g/mol. The van der Waals surface area contributed by atoms with Crippen LogP contribution in [0.1, 0.15) is 131 Å². The highest BCUT2D eigenvalue weighted by Crippen LogP contribution is 2.20. The maximum atomic E-state index is 6.20. The molecule has 2 atom stereocenters. The van der Waals surface area contributed by atoms with Crippen molar-refractivity contribution in [3.05, 3.63) is 0 Å². The van der Waals surface area contributed by atoms with Gasteiger partial charge in [-0.25, -0.2) is 0 Å². The summed E-state index contributed by atoms with van der Waals surface area (Å²) in [5, 5.41) is 0. The maximum absolute atomic E-state index is 6.20. The van der Waals surface area contributed by atoms with Gasteiger partial charge in [0.15, 0.2) is 0 Å². The Morgan fingerprint density at radius 3 is 1.31 bits per heavy atom. The molecule has 2 heteroatoms. The molecule has 0 amide bonds. The van der Waals surface area contributed by atoms with E-state index in [1.54, 1.807) is 0 Å².